The molecule has 1 aromatic rings. The Kier molecular flexibility index (Phi) is 5.15. The van der Waals surface area contributed by atoms with Gasteiger partial charge in [-0.15, -0.1) is 0 Å². The number of para-hydroxylation sites is 1. The van der Waals surface area contributed by atoms with Crippen molar-refractivity contribution < 1.29 is 19.1 Å². The number of nitrogens with one attached hydrogen (secondary N) is 2. The quantitative estimate of drug-likeness (QED) is 0.848. The second kappa shape index (κ2) is 7.35. The third-order valence-electron chi connectivity index (χ3n) is 4.70. The molecule has 1 spiro atoms. The van der Waals surface area contributed by atoms with Crippen LogP contribution in [0.3, 0.4) is 0 Å². The molecular formula is C19H25N3O4. The first-order valence-corrected chi connectivity index (χ1v) is 9.03. The Bertz CT molecular complexity index is 718. The number of ether oxygens (including phenoxy) is 1. The molecule has 1 atom stereocenters. The molecule has 0 saturated carbocycles. The van der Waals surface area contributed by atoms with Gasteiger partial charge in [-0.25, -0.2) is 0 Å². The fourth-order valence-corrected chi connectivity index (χ4v) is 3.23. The van der Waals surface area contributed by atoms with Gasteiger partial charge in [-0.3, -0.25) is 14.4 Å². The van der Waals surface area contributed by atoms with Crippen LogP contribution >= 0.6 is 0 Å². The van der Waals surface area contributed by atoms with Crippen LogP contribution in [-0.2, 0) is 9.59 Å². The van der Waals surface area contributed by atoms with E-state index in [1.807, 2.05) is 19.9 Å². The topological polar surface area (TPSA) is 87.7 Å². The van der Waals surface area contributed by atoms with Crippen molar-refractivity contribution in [3.05, 3.63) is 29.8 Å². The van der Waals surface area contributed by atoms with Crippen molar-refractivity contribution in [3.63, 3.8) is 0 Å². The molecule has 2 aliphatic heterocycles. The zero-order chi connectivity index (χ0) is 18.7. The van der Waals surface area contributed by atoms with Crippen molar-refractivity contribution in [2.45, 2.75) is 38.8 Å². The molecule has 1 fully saturated rings. The van der Waals surface area contributed by atoms with Crippen LogP contribution in [0, 0.1) is 5.92 Å². The minimum atomic E-state index is -0.899. The minimum Gasteiger partial charge on any atom is -0.467 e. The lowest BCUT2D eigenvalue weighted by Gasteiger charge is -2.38. The maximum absolute atomic E-state index is 12.4. The van der Waals surface area contributed by atoms with E-state index in [2.05, 4.69) is 10.6 Å². The number of hydrogen-bond donors (Lipinski definition) is 2. The molecule has 2 aliphatic rings. The number of carbonyl (C=O) groups excluding carboxylic acids is 3. The van der Waals surface area contributed by atoms with E-state index < -0.39 is 5.72 Å². The van der Waals surface area contributed by atoms with Gasteiger partial charge in [0.1, 0.15) is 5.75 Å². The summed E-state index contributed by atoms with van der Waals surface area (Å²) in [5, 5.41) is 5.75. The van der Waals surface area contributed by atoms with E-state index in [1.165, 1.54) is 0 Å². The summed E-state index contributed by atoms with van der Waals surface area (Å²) >= 11 is 0. The van der Waals surface area contributed by atoms with E-state index in [-0.39, 0.29) is 30.7 Å². The number of fused-ring (bicyclic) bond motifs is 1. The Morgan fingerprint density at radius 3 is 2.85 bits per heavy atom. The van der Waals surface area contributed by atoms with Crippen LogP contribution in [0.2, 0.25) is 0 Å². The van der Waals surface area contributed by atoms with Gasteiger partial charge < -0.3 is 20.3 Å². The summed E-state index contributed by atoms with van der Waals surface area (Å²) in [6.07, 6.45) is 1.05. The van der Waals surface area contributed by atoms with Crippen LogP contribution in [0.4, 0.5) is 0 Å². The average molecular weight is 359 g/mol. The highest BCUT2D eigenvalue weighted by molar-refractivity contribution is 5.98. The zero-order valence-electron chi connectivity index (χ0n) is 15.2. The summed E-state index contributed by atoms with van der Waals surface area (Å²) in [6, 6.07) is 7.08. The van der Waals surface area contributed by atoms with Crippen molar-refractivity contribution in [2.75, 3.05) is 19.6 Å². The zero-order valence-corrected chi connectivity index (χ0v) is 15.2. The highest BCUT2D eigenvalue weighted by atomic mass is 16.5. The third kappa shape index (κ3) is 3.98. The molecule has 26 heavy (non-hydrogen) atoms. The smallest absolute Gasteiger partial charge is 0.258 e. The highest BCUT2D eigenvalue weighted by Gasteiger charge is 2.42. The predicted octanol–water partition coefficient (Wildman–Crippen LogP) is 1.29. The summed E-state index contributed by atoms with van der Waals surface area (Å²) < 4.78 is 6.08. The summed E-state index contributed by atoms with van der Waals surface area (Å²) in [5.41, 5.74) is -0.400. The molecule has 1 saturated heterocycles. The number of rotatable bonds is 4. The van der Waals surface area contributed by atoms with E-state index in [9.17, 15) is 14.4 Å². The lowest BCUT2D eigenvalue weighted by molar-refractivity contribution is -0.135. The second-order valence-corrected chi connectivity index (χ2v) is 7.31. The number of amides is 3. The van der Waals surface area contributed by atoms with Crippen LogP contribution in [0.5, 0.6) is 5.75 Å². The largest absolute Gasteiger partial charge is 0.467 e. The Morgan fingerprint density at radius 2 is 2.08 bits per heavy atom. The highest BCUT2D eigenvalue weighted by Crippen LogP contribution is 2.33. The first-order chi connectivity index (χ1) is 12.4. The van der Waals surface area contributed by atoms with Gasteiger partial charge in [0, 0.05) is 32.4 Å². The van der Waals surface area contributed by atoms with Crippen molar-refractivity contribution in [2.24, 2.45) is 5.92 Å². The molecule has 3 rings (SSSR count). The standard InChI is InChI=1S/C19H25N3O4/c1-13(2)11-20-16(23)12-22-10-9-19(8-7-17(22)24)21-18(25)14-5-3-4-6-15(14)26-19/h3-6,13H,7-12H2,1-2H3,(H,20,23)(H,21,25)/t19-/m0/s1. The first-order valence-electron chi connectivity index (χ1n) is 9.03. The molecule has 0 radical (unpaired) electrons. The van der Waals surface area contributed by atoms with E-state index >= 15 is 0 Å². The Balaban J connectivity index is 1.67. The molecule has 2 heterocycles. The lowest BCUT2D eigenvalue weighted by Crippen LogP contribution is -2.56. The number of carbonyl (C=O) groups is 3. The SMILES string of the molecule is CC(C)CNC(=O)CN1CC[C@@]2(CCC1=O)NC(=O)c1ccccc1O2. The maximum Gasteiger partial charge on any atom is 0.258 e. The Labute approximate surface area is 153 Å². The molecule has 7 heteroatoms. The summed E-state index contributed by atoms with van der Waals surface area (Å²) in [5.74, 6) is 0.433. The minimum absolute atomic E-state index is 0.0339. The van der Waals surface area contributed by atoms with E-state index in [0.29, 0.717) is 43.2 Å². The van der Waals surface area contributed by atoms with Crippen molar-refractivity contribution in [1.82, 2.24) is 15.5 Å². The van der Waals surface area contributed by atoms with Crippen LogP contribution < -0.4 is 15.4 Å². The molecule has 3 amide bonds. The molecule has 0 aromatic heterocycles. The van der Waals surface area contributed by atoms with E-state index in [4.69, 9.17) is 4.74 Å². The van der Waals surface area contributed by atoms with Gasteiger partial charge in [-0.1, -0.05) is 26.0 Å². The monoisotopic (exact) mass is 359 g/mol. The number of likely N-dealkylation sites (tertiary alicyclic amines) is 1. The number of hydrogen-bond acceptors (Lipinski definition) is 4. The van der Waals surface area contributed by atoms with Crippen molar-refractivity contribution in [3.8, 4) is 5.75 Å². The van der Waals surface area contributed by atoms with Gasteiger partial charge in [0.2, 0.25) is 11.8 Å². The van der Waals surface area contributed by atoms with Gasteiger partial charge in [-0.2, -0.15) is 0 Å². The third-order valence-corrected chi connectivity index (χ3v) is 4.70. The number of benzene rings is 1. The predicted molar refractivity (Wildman–Crippen MR) is 95.5 cm³/mol. The molecule has 2 N–H and O–H groups in total. The van der Waals surface area contributed by atoms with Gasteiger partial charge in [0.05, 0.1) is 12.1 Å². The fourth-order valence-electron chi connectivity index (χ4n) is 3.23. The van der Waals surface area contributed by atoms with Gasteiger partial charge >= 0.3 is 0 Å². The Morgan fingerprint density at radius 1 is 1.31 bits per heavy atom. The van der Waals surface area contributed by atoms with Crippen molar-refractivity contribution >= 4 is 17.7 Å². The molecule has 0 bridgehead atoms. The van der Waals surface area contributed by atoms with Crippen LogP contribution in [0.15, 0.2) is 24.3 Å². The van der Waals surface area contributed by atoms with Gasteiger partial charge in [0.15, 0.2) is 5.72 Å². The van der Waals surface area contributed by atoms with E-state index in [1.54, 1.807) is 23.1 Å². The van der Waals surface area contributed by atoms with Crippen LogP contribution in [0.25, 0.3) is 0 Å². The maximum atomic E-state index is 12.4. The molecular weight excluding hydrogens is 334 g/mol. The summed E-state index contributed by atoms with van der Waals surface area (Å²) in [6.45, 7) is 5.01. The molecule has 7 nitrogen and oxygen atoms in total. The Hall–Kier alpha value is -2.57. The van der Waals surface area contributed by atoms with Gasteiger partial charge in [0.25, 0.3) is 5.91 Å². The normalized spacial score (nSPS) is 22.5. The molecule has 140 valence electrons. The first kappa shape index (κ1) is 18.2. The number of nitrogens with zero attached hydrogens (tertiary/aromatic N) is 1. The van der Waals surface area contributed by atoms with Gasteiger partial charge in [-0.05, 0) is 18.1 Å². The second-order valence-electron chi connectivity index (χ2n) is 7.31. The van der Waals surface area contributed by atoms with Crippen LogP contribution in [0.1, 0.15) is 43.5 Å². The molecule has 0 unspecified atom stereocenters. The van der Waals surface area contributed by atoms with Crippen molar-refractivity contribution in [1.29, 1.82) is 0 Å². The molecule has 0 aliphatic carbocycles. The lowest BCUT2D eigenvalue weighted by atomic mass is 10.0. The van der Waals surface area contributed by atoms with Crippen LogP contribution in [-0.4, -0.2) is 48.0 Å². The summed E-state index contributed by atoms with van der Waals surface area (Å²) in [4.78, 5) is 38.4. The fraction of sp³-hybridized carbons (Fsp3) is 0.526. The molecule has 1 aromatic carbocycles. The van der Waals surface area contributed by atoms with E-state index in [0.717, 1.165) is 0 Å². The average Bonchev–Trinajstić information content (AvgIpc) is 2.74. The summed E-state index contributed by atoms with van der Waals surface area (Å²) in [7, 11) is 0.